The second-order valence-electron chi connectivity index (χ2n) is 6.30. The first kappa shape index (κ1) is 17.5. The summed E-state index contributed by atoms with van der Waals surface area (Å²) in [7, 11) is 0. The third-order valence-corrected chi connectivity index (χ3v) is 4.76. The van der Waals surface area contributed by atoms with Gasteiger partial charge in [0.1, 0.15) is 0 Å². The molecule has 0 aromatic heterocycles. The second kappa shape index (κ2) is 7.28. The molecule has 2 aromatic carbocycles. The van der Waals surface area contributed by atoms with Crippen LogP contribution in [-0.2, 0) is 9.59 Å². The van der Waals surface area contributed by atoms with Gasteiger partial charge in [0.25, 0.3) is 0 Å². The zero-order chi connectivity index (χ0) is 18.0. The third-order valence-electron chi connectivity index (χ3n) is 4.51. The fraction of sp³-hybridized carbons (Fsp3) is 0.300. The molecular formula is C20H21ClN2O2. The molecular weight excluding hydrogens is 336 g/mol. The number of aryl methyl sites for hydroxylation is 1. The molecule has 0 N–H and O–H groups in total. The second-order valence-corrected chi connectivity index (χ2v) is 6.74. The van der Waals surface area contributed by atoms with Gasteiger partial charge in [-0.3, -0.25) is 9.59 Å². The number of halogens is 1. The van der Waals surface area contributed by atoms with Gasteiger partial charge in [0, 0.05) is 35.9 Å². The summed E-state index contributed by atoms with van der Waals surface area (Å²) in [5, 5.41) is 0.625. The lowest BCUT2D eigenvalue weighted by Crippen LogP contribution is -2.37. The van der Waals surface area contributed by atoms with Gasteiger partial charge in [-0.15, -0.1) is 0 Å². The largest absolute Gasteiger partial charge is 0.312 e. The van der Waals surface area contributed by atoms with E-state index in [4.69, 9.17) is 11.6 Å². The number of carbonyl (C=O) groups excluding carboxylic acids is 2. The molecule has 0 bridgehead atoms. The zero-order valence-electron chi connectivity index (χ0n) is 14.4. The first-order valence-corrected chi connectivity index (χ1v) is 8.81. The summed E-state index contributed by atoms with van der Waals surface area (Å²) in [6.45, 7) is 4.94. The Balaban J connectivity index is 1.78. The van der Waals surface area contributed by atoms with E-state index in [2.05, 4.69) is 0 Å². The van der Waals surface area contributed by atoms with Gasteiger partial charge in [-0.2, -0.15) is 0 Å². The van der Waals surface area contributed by atoms with Crippen LogP contribution in [-0.4, -0.2) is 24.9 Å². The highest BCUT2D eigenvalue weighted by Gasteiger charge is 2.37. The lowest BCUT2D eigenvalue weighted by Gasteiger charge is -2.24. The van der Waals surface area contributed by atoms with Crippen LogP contribution >= 0.6 is 11.6 Å². The van der Waals surface area contributed by atoms with E-state index in [1.807, 2.05) is 50.2 Å². The SMILES string of the molecule is CCN(C(=O)[C@@H]1CC(=O)N(c2ccc(Cl)cc2)C1)c1cccc(C)c1. The van der Waals surface area contributed by atoms with E-state index in [1.165, 1.54) is 0 Å². The number of anilines is 2. The lowest BCUT2D eigenvalue weighted by molar-refractivity contribution is -0.124. The molecule has 25 heavy (non-hydrogen) atoms. The highest BCUT2D eigenvalue weighted by molar-refractivity contribution is 6.30. The predicted octanol–water partition coefficient (Wildman–Crippen LogP) is 4.05. The Bertz CT molecular complexity index is 789. The van der Waals surface area contributed by atoms with Gasteiger partial charge in [-0.1, -0.05) is 23.7 Å². The molecule has 0 unspecified atom stereocenters. The topological polar surface area (TPSA) is 40.6 Å². The number of benzene rings is 2. The summed E-state index contributed by atoms with van der Waals surface area (Å²) in [6, 6.07) is 15.0. The van der Waals surface area contributed by atoms with E-state index in [9.17, 15) is 9.59 Å². The Morgan fingerprint density at radius 2 is 1.96 bits per heavy atom. The Morgan fingerprint density at radius 1 is 1.24 bits per heavy atom. The molecule has 0 spiro atoms. The van der Waals surface area contributed by atoms with Crippen molar-refractivity contribution in [2.45, 2.75) is 20.3 Å². The van der Waals surface area contributed by atoms with Crippen LogP contribution in [0.1, 0.15) is 18.9 Å². The van der Waals surface area contributed by atoms with Crippen LogP contribution in [0.4, 0.5) is 11.4 Å². The monoisotopic (exact) mass is 356 g/mol. The van der Waals surface area contributed by atoms with Crippen molar-refractivity contribution in [3.8, 4) is 0 Å². The number of hydrogen-bond donors (Lipinski definition) is 0. The number of nitrogens with zero attached hydrogens (tertiary/aromatic N) is 2. The molecule has 1 saturated heterocycles. The maximum Gasteiger partial charge on any atom is 0.232 e. The van der Waals surface area contributed by atoms with Gasteiger partial charge < -0.3 is 9.80 Å². The minimum absolute atomic E-state index is 0.00193. The average Bonchev–Trinajstić information content (AvgIpc) is 2.98. The molecule has 5 heteroatoms. The molecule has 0 aliphatic carbocycles. The summed E-state index contributed by atoms with van der Waals surface area (Å²) in [5.41, 5.74) is 2.77. The van der Waals surface area contributed by atoms with E-state index >= 15 is 0 Å². The summed E-state index contributed by atoms with van der Waals surface area (Å²) < 4.78 is 0. The maximum absolute atomic E-state index is 13.0. The summed E-state index contributed by atoms with van der Waals surface area (Å²) in [4.78, 5) is 28.8. The van der Waals surface area contributed by atoms with Gasteiger partial charge in [-0.25, -0.2) is 0 Å². The molecule has 2 aromatic rings. The van der Waals surface area contributed by atoms with Crippen molar-refractivity contribution in [2.75, 3.05) is 22.9 Å². The Morgan fingerprint density at radius 3 is 2.60 bits per heavy atom. The smallest absolute Gasteiger partial charge is 0.232 e. The van der Waals surface area contributed by atoms with Crippen LogP contribution in [0.25, 0.3) is 0 Å². The van der Waals surface area contributed by atoms with Gasteiger partial charge in [0.15, 0.2) is 0 Å². The van der Waals surface area contributed by atoms with E-state index in [-0.39, 0.29) is 24.2 Å². The Labute approximate surface area is 153 Å². The van der Waals surface area contributed by atoms with Crippen molar-refractivity contribution < 1.29 is 9.59 Å². The van der Waals surface area contributed by atoms with Gasteiger partial charge in [0.05, 0.1) is 5.92 Å². The molecule has 1 atom stereocenters. The normalized spacial score (nSPS) is 17.0. The van der Waals surface area contributed by atoms with Crippen LogP contribution in [0.15, 0.2) is 48.5 Å². The standard InChI is InChI=1S/C20H21ClN2O2/c1-3-22(18-6-4-5-14(2)11-18)20(25)15-12-19(24)23(13-15)17-9-7-16(21)8-10-17/h4-11,15H,3,12-13H2,1-2H3/t15-/m1/s1. The predicted molar refractivity (Wildman–Crippen MR) is 101 cm³/mol. The number of carbonyl (C=O) groups is 2. The molecule has 0 saturated carbocycles. The number of rotatable bonds is 4. The van der Waals surface area contributed by atoms with Crippen LogP contribution < -0.4 is 9.80 Å². The summed E-state index contributed by atoms with van der Waals surface area (Å²) in [6.07, 6.45) is 0.240. The fourth-order valence-corrected chi connectivity index (χ4v) is 3.35. The van der Waals surface area contributed by atoms with Crippen LogP contribution in [0.5, 0.6) is 0 Å². The molecule has 1 aliphatic heterocycles. The van der Waals surface area contributed by atoms with Gasteiger partial charge in [0.2, 0.25) is 11.8 Å². The molecule has 130 valence electrons. The molecule has 1 fully saturated rings. The Kier molecular flexibility index (Phi) is 5.09. The van der Waals surface area contributed by atoms with Crippen molar-refractivity contribution >= 4 is 34.8 Å². The van der Waals surface area contributed by atoms with Crippen molar-refractivity contribution in [2.24, 2.45) is 5.92 Å². The van der Waals surface area contributed by atoms with E-state index in [0.717, 1.165) is 16.9 Å². The highest BCUT2D eigenvalue weighted by Crippen LogP contribution is 2.29. The molecule has 0 radical (unpaired) electrons. The van der Waals surface area contributed by atoms with Crippen molar-refractivity contribution in [3.63, 3.8) is 0 Å². The zero-order valence-corrected chi connectivity index (χ0v) is 15.2. The van der Waals surface area contributed by atoms with Crippen molar-refractivity contribution in [1.82, 2.24) is 0 Å². The van der Waals surface area contributed by atoms with Crippen molar-refractivity contribution in [1.29, 1.82) is 0 Å². The molecule has 2 amide bonds. The minimum Gasteiger partial charge on any atom is -0.312 e. The molecule has 3 rings (SSSR count). The maximum atomic E-state index is 13.0. The fourth-order valence-electron chi connectivity index (χ4n) is 3.23. The van der Waals surface area contributed by atoms with E-state index < -0.39 is 0 Å². The van der Waals surface area contributed by atoms with E-state index in [0.29, 0.717) is 18.1 Å². The average molecular weight is 357 g/mol. The van der Waals surface area contributed by atoms with Crippen molar-refractivity contribution in [3.05, 3.63) is 59.1 Å². The lowest BCUT2D eigenvalue weighted by atomic mass is 10.1. The summed E-state index contributed by atoms with van der Waals surface area (Å²) in [5.74, 6) is -0.359. The van der Waals surface area contributed by atoms with Crippen LogP contribution in [0.2, 0.25) is 5.02 Å². The van der Waals surface area contributed by atoms with Gasteiger partial charge in [-0.05, 0) is 55.8 Å². The van der Waals surface area contributed by atoms with Crippen LogP contribution in [0.3, 0.4) is 0 Å². The quantitative estimate of drug-likeness (QED) is 0.829. The number of amides is 2. The van der Waals surface area contributed by atoms with Gasteiger partial charge >= 0.3 is 0 Å². The number of hydrogen-bond acceptors (Lipinski definition) is 2. The van der Waals surface area contributed by atoms with E-state index in [1.54, 1.807) is 21.9 Å². The first-order chi connectivity index (χ1) is 12.0. The highest BCUT2D eigenvalue weighted by atomic mass is 35.5. The molecule has 4 nitrogen and oxygen atoms in total. The summed E-state index contributed by atoms with van der Waals surface area (Å²) >= 11 is 5.91. The third kappa shape index (κ3) is 3.69. The molecule has 1 aliphatic rings. The first-order valence-electron chi connectivity index (χ1n) is 8.43. The Hall–Kier alpha value is -2.33. The minimum atomic E-state index is -0.330. The van der Waals surface area contributed by atoms with Crippen LogP contribution in [0, 0.1) is 12.8 Å². The molecule has 1 heterocycles.